The lowest BCUT2D eigenvalue weighted by molar-refractivity contribution is 0.0527. The Kier molecular flexibility index (Phi) is 8.63. The van der Waals surface area contributed by atoms with Gasteiger partial charge >= 0.3 is 5.97 Å². The third kappa shape index (κ3) is 5.97. The van der Waals surface area contributed by atoms with Crippen molar-refractivity contribution in [3.63, 3.8) is 0 Å². The van der Waals surface area contributed by atoms with Gasteiger partial charge in [0.2, 0.25) is 0 Å². The molecule has 38 heavy (non-hydrogen) atoms. The fourth-order valence-electron chi connectivity index (χ4n) is 4.27. The number of nitrogens with one attached hydrogen (secondary N) is 1. The number of amides is 2. The number of thiophene rings is 1. The van der Waals surface area contributed by atoms with E-state index in [0.29, 0.717) is 16.0 Å². The van der Waals surface area contributed by atoms with Crippen LogP contribution in [0.2, 0.25) is 0 Å². The number of carbonyl (C=O) groups excluding carboxylic acids is 3. The molecule has 1 aliphatic rings. The number of imide groups is 1. The van der Waals surface area contributed by atoms with Crippen LogP contribution in [0.4, 0.5) is 5.00 Å². The van der Waals surface area contributed by atoms with Crippen LogP contribution in [-0.2, 0) is 27.7 Å². The predicted molar refractivity (Wildman–Crippen MR) is 146 cm³/mol. The maximum Gasteiger partial charge on any atom is 0.341 e. The zero-order valence-electron chi connectivity index (χ0n) is 21.4. The number of anilines is 1. The molecule has 0 radical (unpaired) electrons. The van der Waals surface area contributed by atoms with Gasteiger partial charge in [-0.05, 0) is 55.7 Å². The predicted octanol–water partition coefficient (Wildman–Crippen LogP) is 5.64. The molecule has 0 fully saturated rings. The Hall–Kier alpha value is -3.50. The van der Waals surface area contributed by atoms with E-state index in [1.54, 1.807) is 55.5 Å². The van der Waals surface area contributed by atoms with Gasteiger partial charge in [0.05, 0.1) is 34.7 Å². The molecule has 0 saturated carbocycles. The molecule has 3 aromatic rings. The number of nitrogens with zero attached hydrogens (tertiary/aromatic N) is 1. The van der Waals surface area contributed by atoms with Crippen molar-refractivity contribution < 1.29 is 27.5 Å². The molecule has 2 heterocycles. The molecule has 0 aliphatic carbocycles. The summed E-state index contributed by atoms with van der Waals surface area (Å²) in [4.78, 5) is 39.8. The molecule has 1 aromatic heterocycles. The number of rotatable bonds is 12. The Morgan fingerprint density at radius 3 is 2.21 bits per heavy atom. The minimum Gasteiger partial charge on any atom is -0.462 e. The molecule has 0 spiro atoms. The van der Waals surface area contributed by atoms with Gasteiger partial charge in [0.1, 0.15) is 5.00 Å². The van der Waals surface area contributed by atoms with Gasteiger partial charge in [0, 0.05) is 4.88 Å². The second-order valence-electron chi connectivity index (χ2n) is 8.98. The van der Waals surface area contributed by atoms with Crippen molar-refractivity contribution in [2.75, 3.05) is 11.3 Å². The van der Waals surface area contributed by atoms with Crippen molar-refractivity contribution in [3.05, 3.63) is 81.7 Å². The van der Waals surface area contributed by atoms with Gasteiger partial charge in [-0.2, -0.15) is 0 Å². The summed E-state index contributed by atoms with van der Waals surface area (Å²) in [6.07, 6.45) is 5.39. The Balaban J connectivity index is 1.54. The van der Waals surface area contributed by atoms with Gasteiger partial charge in [0.25, 0.3) is 21.8 Å². The molecule has 0 bridgehead atoms. The maximum atomic E-state index is 13.2. The molecule has 200 valence electrons. The number of aryl methyl sites for hydroxylation is 1. The Morgan fingerprint density at radius 2 is 1.61 bits per heavy atom. The lowest BCUT2D eigenvalue weighted by atomic mass is 10.1. The third-order valence-corrected chi connectivity index (χ3v) is 8.78. The summed E-state index contributed by atoms with van der Waals surface area (Å²) in [5, 5.41) is 0.0682. The SMILES string of the molecule is CCCCCCc1ccc(S(=O)(=O)Nc2sc(CN3C(=O)c4ccccc4C3=O)cc2C(=O)OCC)cc1. The van der Waals surface area contributed by atoms with Crippen molar-refractivity contribution in [1.29, 1.82) is 0 Å². The van der Waals surface area contributed by atoms with Crippen LogP contribution in [0.5, 0.6) is 0 Å². The summed E-state index contributed by atoms with van der Waals surface area (Å²) in [6.45, 7) is 3.81. The zero-order valence-corrected chi connectivity index (χ0v) is 23.0. The first kappa shape index (κ1) is 27.5. The quantitative estimate of drug-likeness (QED) is 0.176. The van der Waals surface area contributed by atoms with Crippen LogP contribution in [0.15, 0.2) is 59.5 Å². The zero-order chi connectivity index (χ0) is 27.3. The van der Waals surface area contributed by atoms with E-state index in [1.807, 2.05) is 0 Å². The van der Waals surface area contributed by atoms with Crippen LogP contribution >= 0.6 is 11.3 Å². The van der Waals surface area contributed by atoms with Crippen LogP contribution in [0.25, 0.3) is 0 Å². The lowest BCUT2D eigenvalue weighted by Crippen LogP contribution is -2.28. The number of esters is 1. The van der Waals surface area contributed by atoms with Crippen molar-refractivity contribution in [3.8, 4) is 0 Å². The summed E-state index contributed by atoms with van der Waals surface area (Å²) in [7, 11) is -4.00. The van der Waals surface area contributed by atoms with Crippen LogP contribution in [0.3, 0.4) is 0 Å². The number of ether oxygens (including phenoxy) is 1. The van der Waals surface area contributed by atoms with E-state index in [9.17, 15) is 22.8 Å². The maximum absolute atomic E-state index is 13.2. The number of fused-ring (bicyclic) bond motifs is 1. The highest BCUT2D eigenvalue weighted by molar-refractivity contribution is 7.93. The van der Waals surface area contributed by atoms with E-state index in [1.165, 1.54) is 12.5 Å². The van der Waals surface area contributed by atoms with E-state index in [0.717, 1.165) is 47.5 Å². The summed E-state index contributed by atoms with van der Waals surface area (Å²) < 4.78 is 34.0. The van der Waals surface area contributed by atoms with Crippen LogP contribution in [-0.4, -0.2) is 37.7 Å². The largest absolute Gasteiger partial charge is 0.462 e. The summed E-state index contributed by atoms with van der Waals surface area (Å²) in [6, 6.07) is 14.7. The lowest BCUT2D eigenvalue weighted by Gasteiger charge is -2.12. The molecule has 0 atom stereocenters. The molecule has 8 nitrogen and oxygen atoms in total. The van der Waals surface area contributed by atoms with Crippen LogP contribution < -0.4 is 4.72 Å². The van der Waals surface area contributed by atoms with Gasteiger partial charge in [-0.3, -0.25) is 19.2 Å². The van der Waals surface area contributed by atoms with Gasteiger partial charge in [-0.15, -0.1) is 11.3 Å². The molecular formula is C28H30N2O6S2. The highest BCUT2D eigenvalue weighted by Crippen LogP contribution is 2.34. The van der Waals surface area contributed by atoms with E-state index in [2.05, 4.69) is 11.6 Å². The molecule has 0 unspecified atom stereocenters. The average Bonchev–Trinajstić information content (AvgIpc) is 3.41. The van der Waals surface area contributed by atoms with Gasteiger partial charge in [-0.1, -0.05) is 50.5 Å². The van der Waals surface area contributed by atoms with Crippen molar-refractivity contribution in [2.45, 2.75) is 57.4 Å². The monoisotopic (exact) mass is 554 g/mol. The average molecular weight is 555 g/mol. The molecule has 1 N–H and O–H groups in total. The first-order valence-electron chi connectivity index (χ1n) is 12.6. The van der Waals surface area contributed by atoms with Gasteiger partial charge in [-0.25, -0.2) is 13.2 Å². The second-order valence-corrected chi connectivity index (χ2v) is 11.8. The van der Waals surface area contributed by atoms with Crippen molar-refractivity contribution in [1.82, 2.24) is 4.90 Å². The van der Waals surface area contributed by atoms with Gasteiger partial charge in [0.15, 0.2) is 0 Å². The van der Waals surface area contributed by atoms with Crippen molar-refractivity contribution in [2.24, 2.45) is 0 Å². The highest BCUT2D eigenvalue weighted by Gasteiger charge is 2.36. The summed E-state index contributed by atoms with van der Waals surface area (Å²) in [5.41, 5.74) is 1.72. The summed E-state index contributed by atoms with van der Waals surface area (Å²) >= 11 is 0.987. The normalized spacial score (nSPS) is 13.1. The molecule has 0 saturated heterocycles. The van der Waals surface area contributed by atoms with Crippen molar-refractivity contribution >= 4 is 44.1 Å². The standard InChI is InChI=1S/C28H30N2O6S2/c1-3-5-6-7-10-19-13-15-21(16-14-19)38(34,35)29-25-24(28(33)36-4-2)17-20(37-25)18-30-26(31)22-11-8-9-12-23(22)27(30)32/h8-9,11-17,29H,3-7,10,18H2,1-2H3. The molecule has 2 amide bonds. The minimum absolute atomic E-state index is 0.0274. The Morgan fingerprint density at radius 1 is 0.947 bits per heavy atom. The minimum atomic E-state index is -4.00. The number of benzene rings is 2. The first-order valence-corrected chi connectivity index (χ1v) is 14.9. The fraction of sp³-hybridized carbons (Fsp3) is 0.321. The van der Waals surface area contributed by atoms with Crippen LogP contribution in [0, 0.1) is 0 Å². The van der Waals surface area contributed by atoms with E-state index >= 15 is 0 Å². The molecule has 1 aliphatic heterocycles. The van der Waals surface area contributed by atoms with E-state index in [-0.39, 0.29) is 28.6 Å². The number of unbranched alkanes of at least 4 members (excludes halogenated alkanes) is 3. The topological polar surface area (TPSA) is 110 Å². The number of hydrogen-bond donors (Lipinski definition) is 1. The molecule has 4 rings (SSSR count). The van der Waals surface area contributed by atoms with E-state index in [4.69, 9.17) is 4.74 Å². The molecule has 10 heteroatoms. The third-order valence-electron chi connectivity index (χ3n) is 6.25. The Bertz CT molecular complexity index is 1410. The first-order chi connectivity index (χ1) is 18.2. The number of carbonyl (C=O) groups is 3. The molecule has 2 aromatic carbocycles. The summed E-state index contributed by atoms with van der Waals surface area (Å²) in [5.74, 6) is -1.57. The van der Waals surface area contributed by atoms with Crippen LogP contribution in [0.1, 0.15) is 81.0 Å². The number of sulfonamides is 1. The fourth-order valence-corrected chi connectivity index (χ4v) is 6.61. The second kappa shape index (κ2) is 11.9. The molecular weight excluding hydrogens is 524 g/mol. The smallest absolute Gasteiger partial charge is 0.341 e. The Labute approximate surface area is 226 Å². The highest BCUT2D eigenvalue weighted by atomic mass is 32.2. The van der Waals surface area contributed by atoms with E-state index < -0.39 is 27.8 Å². The number of hydrogen-bond acceptors (Lipinski definition) is 7. The van der Waals surface area contributed by atoms with Gasteiger partial charge < -0.3 is 4.74 Å².